The van der Waals surface area contributed by atoms with Crippen molar-refractivity contribution in [1.29, 1.82) is 0 Å². The van der Waals surface area contributed by atoms with E-state index in [9.17, 15) is 14.4 Å². The molecule has 1 unspecified atom stereocenters. The first kappa shape index (κ1) is 19.7. The van der Waals surface area contributed by atoms with Gasteiger partial charge in [0.05, 0.1) is 25.8 Å². The number of benzene rings is 1. The number of carbonyl (C=O) groups excluding carboxylic acids is 3. The first-order valence-corrected chi connectivity index (χ1v) is 9.27. The number of amides is 3. The maximum atomic E-state index is 12.5. The Morgan fingerprint density at radius 3 is 3.00 bits per heavy atom. The van der Waals surface area contributed by atoms with Crippen molar-refractivity contribution in [2.45, 2.75) is 24.9 Å². The van der Waals surface area contributed by atoms with Gasteiger partial charge in [-0.05, 0) is 24.6 Å². The van der Waals surface area contributed by atoms with E-state index in [1.807, 2.05) is 0 Å². The highest BCUT2D eigenvalue weighted by Crippen LogP contribution is 2.34. The van der Waals surface area contributed by atoms with Crippen molar-refractivity contribution in [3.63, 3.8) is 0 Å². The molecule has 0 saturated carbocycles. The zero-order valence-corrected chi connectivity index (χ0v) is 16.0. The van der Waals surface area contributed by atoms with E-state index in [0.29, 0.717) is 49.5 Å². The highest BCUT2D eigenvalue weighted by Gasteiger charge is 2.40. The zero-order chi connectivity index (χ0) is 20.1. The largest absolute Gasteiger partial charge is 0.497 e. The molecule has 150 valence electrons. The van der Waals surface area contributed by atoms with Crippen LogP contribution in [-0.2, 0) is 9.59 Å². The SMILES string of the molecule is C=CCNC(=O)CN1CCC2(CCC1=O)CNC(=O)c1cc(OC)ccc1O2. The van der Waals surface area contributed by atoms with Crippen LogP contribution < -0.4 is 20.1 Å². The lowest BCUT2D eigenvalue weighted by Gasteiger charge is -2.32. The van der Waals surface area contributed by atoms with Crippen LogP contribution in [0.5, 0.6) is 11.5 Å². The molecule has 0 aromatic heterocycles. The van der Waals surface area contributed by atoms with Crippen molar-refractivity contribution in [1.82, 2.24) is 15.5 Å². The van der Waals surface area contributed by atoms with Gasteiger partial charge in [0, 0.05) is 25.9 Å². The summed E-state index contributed by atoms with van der Waals surface area (Å²) in [7, 11) is 1.54. The maximum Gasteiger partial charge on any atom is 0.255 e. The van der Waals surface area contributed by atoms with Crippen LogP contribution in [0, 0.1) is 0 Å². The lowest BCUT2D eigenvalue weighted by molar-refractivity contribution is -0.135. The monoisotopic (exact) mass is 387 g/mol. The second kappa shape index (κ2) is 8.33. The van der Waals surface area contributed by atoms with E-state index < -0.39 is 5.60 Å². The number of hydrogen-bond acceptors (Lipinski definition) is 5. The van der Waals surface area contributed by atoms with E-state index in [0.717, 1.165) is 0 Å². The highest BCUT2D eigenvalue weighted by molar-refractivity contribution is 5.97. The van der Waals surface area contributed by atoms with Crippen molar-refractivity contribution in [3.8, 4) is 11.5 Å². The summed E-state index contributed by atoms with van der Waals surface area (Å²) in [6, 6.07) is 5.10. The average molecular weight is 387 g/mol. The fraction of sp³-hybridized carbons (Fsp3) is 0.450. The first-order valence-electron chi connectivity index (χ1n) is 9.27. The fourth-order valence-corrected chi connectivity index (χ4v) is 3.45. The third-order valence-corrected chi connectivity index (χ3v) is 5.09. The Bertz CT molecular complexity index is 794. The molecule has 1 fully saturated rings. The third-order valence-electron chi connectivity index (χ3n) is 5.09. The van der Waals surface area contributed by atoms with Gasteiger partial charge in [-0.3, -0.25) is 14.4 Å². The number of methoxy groups -OCH3 is 1. The molecule has 28 heavy (non-hydrogen) atoms. The van der Waals surface area contributed by atoms with Gasteiger partial charge in [-0.2, -0.15) is 0 Å². The van der Waals surface area contributed by atoms with Crippen molar-refractivity contribution in [2.75, 3.05) is 33.3 Å². The molecular formula is C20H25N3O5. The number of hydrogen-bond donors (Lipinski definition) is 2. The molecule has 2 aliphatic heterocycles. The van der Waals surface area contributed by atoms with Crippen molar-refractivity contribution in [3.05, 3.63) is 36.4 Å². The molecule has 3 amide bonds. The van der Waals surface area contributed by atoms with Gasteiger partial charge in [0.15, 0.2) is 0 Å². The third kappa shape index (κ3) is 4.27. The van der Waals surface area contributed by atoms with Crippen molar-refractivity contribution >= 4 is 17.7 Å². The van der Waals surface area contributed by atoms with Crippen LogP contribution in [0.4, 0.5) is 0 Å². The van der Waals surface area contributed by atoms with Gasteiger partial charge in [0.2, 0.25) is 11.8 Å². The van der Waals surface area contributed by atoms with E-state index in [1.54, 1.807) is 24.3 Å². The lowest BCUT2D eigenvalue weighted by atomic mass is 9.94. The number of nitrogens with zero attached hydrogens (tertiary/aromatic N) is 1. The van der Waals surface area contributed by atoms with Gasteiger partial charge in [-0.15, -0.1) is 6.58 Å². The minimum absolute atomic E-state index is 0.00288. The second-order valence-electron chi connectivity index (χ2n) is 6.99. The number of nitrogens with one attached hydrogen (secondary N) is 2. The number of likely N-dealkylation sites (tertiary alicyclic amines) is 1. The average Bonchev–Trinajstić information content (AvgIpc) is 2.94. The lowest BCUT2D eigenvalue weighted by Crippen LogP contribution is -2.46. The first-order chi connectivity index (χ1) is 13.5. The van der Waals surface area contributed by atoms with Crippen LogP contribution in [0.3, 0.4) is 0 Å². The van der Waals surface area contributed by atoms with E-state index in [4.69, 9.17) is 9.47 Å². The highest BCUT2D eigenvalue weighted by atomic mass is 16.5. The predicted octanol–water partition coefficient (Wildman–Crippen LogP) is 0.871. The summed E-state index contributed by atoms with van der Waals surface area (Å²) in [4.78, 5) is 38.5. The molecule has 2 aliphatic rings. The molecular weight excluding hydrogens is 362 g/mol. The quantitative estimate of drug-likeness (QED) is 0.731. The van der Waals surface area contributed by atoms with Crippen molar-refractivity contribution < 1.29 is 23.9 Å². The van der Waals surface area contributed by atoms with Gasteiger partial charge in [-0.1, -0.05) is 6.08 Å². The summed E-state index contributed by atoms with van der Waals surface area (Å²) in [6.45, 7) is 4.60. The smallest absolute Gasteiger partial charge is 0.255 e. The molecule has 0 radical (unpaired) electrons. The predicted molar refractivity (Wildman–Crippen MR) is 102 cm³/mol. The minimum atomic E-state index is -0.697. The Morgan fingerprint density at radius 1 is 1.43 bits per heavy atom. The molecule has 3 rings (SSSR count). The second-order valence-corrected chi connectivity index (χ2v) is 6.99. The summed E-state index contributed by atoms with van der Waals surface area (Å²) in [5.41, 5.74) is -0.287. The van der Waals surface area contributed by atoms with Gasteiger partial charge < -0.3 is 25.0 Å². The van der Waals surface area contributed by atoms with Crippen LogP contribution in [0.2, 0.25) is 0 Å². The van der Waals surface area contributed by atoms with Crippen LogP contribution in [-0.4, -0.2) is 61.5 Å². The molecule has 8 heteroatoms. The summed E-state index contributed by atoms with van der Waals surface area (Å²) in [6.07, 6.45) is 2.81. The molecule has 0 aliphatic carbocycles. The van der Waals surface area contributed by atoms with Crippen LogP contribution in [0.15, 0.2) is 30.9 Å². The van der Waals surface area contributed by atoms with Gasteiger partial charge >= 0.3 is 0 Å². The standard InChI is InChI=1S/C20H25N3O5/c1-3-9-21-17(24)12-23-10-8-20(7-6-18(23)25)13-22-19(26)15-11-14(27-2)4-5-16(15)28-20/h3-5,11H,1,6-10,12-13H2,2H3,(H,21,24)(H,22,26). The summed E-state index contributed by atoms with van der Waals surface area (Å²) in [5.74, 6) is 0.486. The molecule has 1 aromatic carbocycles. The van der Waals surface area contributed by atoms with E-state index in [1.165, 1.54) is 12.0 Å². The molecule has 1 saturated heterocycles. The normalized spacial score (nSPS) is 21.7. The number of carbonyl (C=O) groups is 3. The Morgan fingerprint density at radius 2 is 2.25 bits per heavy atom. The maximum absolute atomic E-state index is 12.5. The number of fused-ring (bicyclic) bond motifs is 1. The minimum Gasteiger partial charge on any atom is -0.497 e. The van der Waals surface area contributed by atoms with Gasteiger partial charge in [0.1, 0.15) is 17.1 Å². The Balaban J connectivity index is 1.75. The summed E-state index contributed by atoms with van der Waals surface area (Å²) in [5, 5.41) is 5.58. The van der Waals surface area contributed by atoms with Crippen LogP contribution in [0.1, 0.15) is 29.6 Å². The van der Waals surface area contributed by atoms with Crippen LogP contribution in [0.25, 0.3) is 0 Å². The van der Waals surface area contributed by atoms with E-state index >= 15 is 0 Å². The van der Waals surface area contributed by atoms with Crippen molar-refractivity contribution in [2.24, 2.45) is 0 Å². The molecule has 1 atom stereocenters. The van der Waals surface area contributed by atoms with Crippen LogP contribution >= 0.6 is 0 Å². The summed E-state index contributed by atoms with van der Waals surface area (Å²) >= 11 is 0. The summed E-state index contributed by atoms with van der Waals surface area (Å²) < 4.78 is 11.5. The molecule has 2 N–H and O–H groups in total. The Labute approximate surface area is 163 Å². The molecule has 2 heterocycles. The molecule has 8 nitrogen and oxygen atoms in total. The fourth-order valence-electron chi connectivity index (χ4n) is 3.45. The van der Waals surface area contributed by atoms with Gasteiger partial charge in [0.25, 0.3) is 5.91 Å². The molecule has 1 aromatic rings. The Hall–Kier alpha value is -3.03. The number of ether oxygens (including phenoxy) is 2. The molecule has 1 spiro atoms. The number of rotatable bonds is 5. The van der Waals surface area contributed by atoms with E-state index in [2.05, 4.69) is 17.2 Å². The Kier molecular flexibility index (Phi) is 5.87. The zero-order valence-electron chi connectivity index (χ0n) is 16.0. The van der Waals surface area contributed by atoms with E-state index in [-0.39, 0.29) is 30.7 Å². The van der Waals surface area contributed by atoms with Gasteiger partial charge in [-0.25, -0.2) is 0 Å². The molecule has 0 bridgehead atoms. The topological polar surface area (TPSA) is 97.0 Å².